The van der Waals surface area contributed by atoms with E-state index in [2.05, 4.69) is 33.8 Å². The minimum atomic E-state index is -0.159. The number of hydrogen-bond donors (Lipinski definition) is 1. The van der Waals surface area contributed by atoms with Gasteiger partial charge in [0.2, 0.25) is 0 Å². The number of allylic oxidation sites excluding steroid dienone is 1. The maximum atomic E-state index is 12.7. The van der Waals surface area contributed by atoms with Crippen LogP contribution >= 0.6 is 0 Å². The van der Waals surface area contributed by atoms with Gasteiger partial charge in [-0.05, 0) is 55.3 Å². The molecule has 0 atom stereocenters. The van der Waals surface area contributed by atoms with Crippen LogP contribution in [-0.2, 0) is 0 Å². The maximum Gasteiger partial charge on any atom is 0.251 e. The van der Waals surface area contributed by atoms with Gasteiger partial charge in [0.25, 0.3) is 5.91 Å². The lowest BCUT2D eigenvalue weighted by Crippen LogP contribution is -2.25. The van der Waals surface area contributed by atoms with Gasteiger partial charge in [-0.1, -0.05) is 42.7 Å². The molecule has 0 aliphatic rings. The summed E-state index contributed by atoms with van der Waals surface area (Å²) in [5, 5.41) is 7.22. The Bertz CT molecular complexity index is 1150. The summed E-state index contributed by atoms with van der Waals surface area (Å²) < 4.78 is 1.74. The zero-order valence-corrected chi connectivity index (χ0v) is 17.5. The van der Waals surface area contributed by atoms with Crippen molar-refractivity contribution in [1.29, 1.82) is 0 Å². The molecule has 0 bridgehead atoms. The Labute approximate surface area is 182 Å². The first-order valence-electron chi connectivity index (χ1n) is 9.99. The first-order valence-corrected chi connectivity index (χ1v) is 9.99. The Balaban J connectivity index is 1.76. The molecule has 1 aromatic heterocycles. The van der Waals surface area contributed by atoms with Gasteiger partial charge in [0.05, 0.1) is 11.3 Å². The van der Waals surface area contributed by atoms with Crippen LogP contribution in [0.3, 0.4) is 0 Å². The summed E-state index contributed by atoms with van der Waals surface area (Å²) in [6.45, 7) is 6.32. The quantitative estimate of drug-likeness (QED) is 0.460. The monoisotopic (exact) mass is 408 g/mol. The summed E-state index contributed by atoms with van der Waals surface area (Å²) in [7, 11) is 0. The molecule has 154 valence electrons. The molecule has 0 aliphatic heterocycles. The Morgan fingerprint density at radius 1 is 1.19 bits per heavy atom. The van der Waals surface area contributed by atoms with Crippen LogP contribution in [0, 0.1) is 11.8 Å². The normalized spacial score (nSPS) is 10.7. The van der Waals surface area contributed by atoms with E-state index in [1.54, 1.807) is 35.4 Å². The summed E-state index contributed by atoms with van der Waals surface area (Å²) in [6.07, 6.45) is 9.42. The minimum absolute atomic E-state index is 0.159. The van der Waals surface area contributed by atoms with Crippen LogP contribution in [-0.4, -0.2) is 28.4 Å². The second kappa shape index (κ2) is 11.1. The highest BCUT2D eigenvalue weighted by Crippen LogP contribution is 2.16. The Morgan fingerprint density at radius 2 is 2.03 bits per heavy atom. The van der Waals surface area contributed by atoms with E-state index in [4.69, 9.17) is 0 Å². The van der Waals surface area contributed by atoms with Gasteiger partial charge < -0.3 is 5.32 Å². The molecule has 0 fully saturated rings. The number of nitrogens with one attached hydrogen (secondary N) is 1. The first kappa shape index (κ1) is 21.5. The SMILES string of the molecule is C=C(/C=N\C=C/C)CCNC(=O)c1ccc(-n2cccn2)c(C#Cc2ccccc2)c1. The Kier molecular flexibility index (Phi) is 7.73. The number of amides is 1. The van der Waals surface area contributed by atoms with Crippen molar-refractivity contribution in [1.82, 2.24) is 15.1 Å². The van der Waals surface area contributed by atoms with E-state index in [1.807, 2.05) is 61.7 Å². The summed E-state index contributed by atoms with van der Waals surface area (Å²) in [6, 6.07) is 17.0. The third-order valence-electron chi connectivity index (χ3n) is 4.35. The Hall–Kier alpha value is -4.17. The van der Waals surface area contributed by atoms with Gasteiger partial charge >= 0.3 is 0 Å². The third kappa shape index (κ3) is 6.41. The predicted octanol–water partition coefficient (Wildman–Crippen LogP) is 4.55. The number of carbonyl (C=O) groups is 1. The van der Waals surface area contributed by atoms with Crippen LogP contribution in [0.4, 0.5) is 0 Å². The number of carbonyl (C=O) groups excluding carboxylic acids is 1. The van der Waals surface area contributed by atoms with Crippen molar-refractivity contribution in [3.63, 3.8) is 0 Å². The number of rotatable bonds is 7. The highest BCUT2D eigenvalue weighted by atomic mass is 16.1. The largest absolute Gasteiger partial charge is 0.352 e. The molecule has 0 spiro atoms. The molecule has 2 aromatic carbocycles. The molecule has 31 heavy (non-hydrogen) atoms. The molecule has 0 unspecified atom stereocenters. The minimum Gasteiger partial charge on any atom is -0.352 e. The molecule has 5 nitrogen and oxygen atoms in total. The maximum absolute atomic E-state index is 12.7. The molecular weight excluding hydrogens is 384 g/mol. The van der Waals surface area contributed by atoms with Crippen LogP contribution in [0.5, 0.6) is 0 Å². The molecule has 5 heteroatoms. The number of benzene rings is 2. The van der Waals surface area contributed by atoms with Gasteiger partial charge in [0.15, 0.2) is 0 Å². The lowest BCUT2D eigenvalue weighted by molar-refractivity contribution is 0.0954. The van der Waals surface area contributed by atoms with Gasteiger partial charge in [-0.15, -0.1) is 0 Å². The van der Waals surface area contributed by atoms with E-state index in [0.717, 1.165) is 22.4 Å². The molecule has 0 saturated heterocycles. The lowest BCUT2D eigenvalue weighted by atomic mass is 10.1. The zero-order valence-electron chi connectivity index (χ0n) is 17.5. The van der Waals surface area contributed by atoms with Crippen LogP contribution in [0.25, 0.3) is 5.69 Å². The van der Waals surface area contributed by atoms with Gasteiger partial charge in [-0.3, -0.25) is 9.79 Å². The topological polar surface area (TPSA) is 59.3 Å². The fourth-order valence-corrected chi connectivity index (χ4v) is 2.79. The van der Waals surface area contributed by atoms with Crippen molar-refractivity contribution < 1.29 is 4.79 Å². The molecule has 0 saturated carbocycles. The summed E-state index contributed by atoms with van der Waals surface area (Å²) >= 11 is 0. The summed E-state index contributed by atoms with van der Waals surface area (Å²) in [5.41, 5.74) is 3.84. The molecule has 0 aliphatic carbocycles. The molecule has 3 aromatic rings. The van der Waals surface area contributed by atoms with Gasteiger partial charge in [0.1, 0.15) is 0 Å². The summed E-state index contributed by atoms with van der Waals surface area (Å²) in [4.78, 5) is 16.8. The van der Waals surface area contributed by atoms with Crippen LogP contribution in [0.15, 0.2) is 96.4 Å². The second-order valence-corrected chi connectivity index (χ2v) is 6.72. The number of nitrogens with zero attached hydrogens (tertiary/aromatic N) is 3. The molecule has 1 N–H and O–H groups in total. The van der Waals surface area contributed by atoms with E-state index in [0.29, 0.717) is 18.5 Å². The van der Waals surface area contributed by atoms with E-state index in [-0.39, 0.29) is 5.91 Å². The van der Waals surface area contributed by atoms with E-state index < -0.39 is 0 Å². The van der Waals surface area contributed by atoms with Gasteiger partial charge in [-0.25, -0.2) is 4.68 Å². The molecule has 3 rings (SSSR count). The van der Waals surface area contributed by atoms with Crippen LogP contribution in [0.1, 0.15) is 34.8 Å². The summed E-state index contributed by atoms with van der Waals surface area (Å²) in [5.74, 6) is 6.19. The average molecular weight is 409 g/mol. The Morgan fingerprint density at radius 3 is 2.77 bits per heavy atom. The van der Waals surface area contributed by atoms with E-state index in [1.165, 1.54) is 0 Å². The molecule has 1 amide bonds. The molecule has 0 radical (unpaired) electrons. The average Bonchev–Trinajstić information content (AvgIpc) is 3.33. The van der Waals surface area contributed by atoms with Crippen LogP contribution in [0.2, 0.25) is 0 Å². The number of aromatic nitrogens is 2. The standard InChI is InChI=1S/C26H24N4O/c1-3-15-27-20-21(2)14-17-28-26(31)24-12-13-25(30-18-7-16-29-30)23(19-24)11-10-22-8-5-4-6-9-22/h3-9,12-13,15-16,18-20H,2,14,17H2,1H3,(H,28,31)/b15-3-,27-20-. The fourth-order valence-electron chi connectivity index (χ4n) is 2.79. The van der Waals surface area contributed by atoms with Crippen LogP contribution < -0.4 is 5.32 Å². The smallest absolute Gasteiger partial charge is 0.251 e. The zero-order chi connectivity index (χ0) is 21.9. The first-order chi connectivity index (χ1) is 15.2. The molecule has 1 heterocycles. The number of aliphatic imine (C=N–C) groups is 1. The fraction of sp³-hybridized carbons (Fsp3) is 0.115. The van der Waals surface area contributed by atoms with E-state index >= 15 is 0 Å². The van der Waals surface area contributed by atoms with Crippen molar-refractivity contribution in [2.75, 3.05) is 6.54 Å². The highest BCUT2D eigenvalue weighted by molar-refractivity contribution is 5.95. The van der Waals surface area contributed by atoms with Crippen molar-refractivity contribution >= 4 is 12.1 Å². The van der Waals surface area contributed by atoms with Crippen molar-refractivity contribution in [3.05, 3.63) is 108 Å². The highest BCUT2D eigenvalue weighted by Gasteiger charge is 2.10. The predicted molar refractivity (Wildman–Crippen MR) is 125 cm³/mol. The van der Waals surface area contributed by atoms with E-state index in [9.17, 15) is 4.79 Å². The van der Waals surface area contributed by atoms with Crippen molar-refractivity contribution in [2.45, 2.75) is 13.3 Å². The van der Waals surface area contributed by atoms with Crippen molar-refractivity contribution in [3.8, 4) is 17.5 Å². The number of hydrogen-bond acceptors (Lipinski definition) is 3. The van der Waals surface area contributed by atoms with Gasteiger partial charge in [-0.2, -0.15) is 5.10 Å². The van der Waals surface area contributed by atoms with Crippen molar-refractivity contribution in [2.24, 2.45) is 4.99 Å². The third-order valence-corrected chi connectivity index (χ3v) is 4.35. The lowest BCUT2D eigenvalue weighted by Gasteiger charge is -2.09. The molecular formula is C26H24N4O. The van der Waals surface area contributed by atoms with Gasteiger partial charge in [0, 0.05) is 42.5 Å². The second-order valence-electron chi connectivity index (χ2n) is 6.72.